The molecule has 0 saturated carbocycles. The molecule has 106 valence electrons. The highest BCUT2D eigenvalue weighted by Gasteiger charge is 2.16. The van der Waals surface area contributed by atoms with Gasteiger partial charge in [0, 0.05) is 12.6 Å². The summed E-state index contributed by atoms with van der Waals surface area (Å²) >= 11 is 0. The minimum atomic E-state index is -0.667. The largest absolute Gasteiger partial charge is 0.484 e. The van der Waals surface area contributed by atoms with E-state index in [2.05, 4.69) is 4.90 Å². The maximum atomic E-state index is 10.8. The molecule has 0 aromatic heterocycles. The third kappa shape index (κ3) is 4.84. The molecule has 0 fully saturated rings. The lowest BCUT2D eigenvalue weighted by molar-refractivity contribution is -0.385. The molecule has 1 rings (SSSR count). The van der Waals surface area contributed by atoms with Crippen LogP contribution in [0.25, 0.3) is 0 Å². The second-order valence-electron chi connectivity index (χ2n) is 4.18. The van der Waals surface area contributed by atoms with Crippen molar-refractivity contribution in [2.24, 2.45) is 0 Å². The molecular formula is C13H20N2O4. The smallest absolute Gasteiger partial charge is 0.310 e. The van der Waals surface area contributed by atoms with E-state index in [-0.39, 0.29) is 18.0 Å². The Morgan fingerprint density at radius 1 is 1.37 bits per heavy atom. The molecule has 6 nitrogen and oxygen atoms in total. The Labute approximate surface area is 112 Å². The molecule has 1 aromatic carbocycles. The molecule has 6 heteroatoms. The molecule has 0 spiro atoms. The number of aliphatic hydroxyl groups excluding tert-OH is 1. The first-order chi connectivity index (χ1) is 9.08. The maximum Gasteiger partial charge on any atom is 0.310 e. The minimum Gasteiger partial charge on any atom is -0.484 e. The van der Waals surface area contributed by atoms with Crippen molar-refractivity contribution in [3.05, 3.63) is 34.4 Å². The number of hydrogen-bond acceptors (Lipinski definition) is 5. The van der Waals surface area contributed by atoms with Gasteiger partial charge in [-0.1, -0.05) is 26.0 Å². The van der Waals surface area contributed by atoms with E-state index < -0.39 is 11.0 Å². The molecule has 0 radical (unpaired) electrons. The van der Waals surface area contributed by atoms with Crippen LogP contribution >= 0.6 is 0 Å². The number of para-hydroxylation sites is 2. The van der Waals surface area contributed by atoms with Crippen LogP contribution in [0.5, 0.6) is 5.75 Å². The predicted octanol–water partition coefficient (Wildman–Crippen LogP) is 1.68. The number of nitrogens with zero attached hydrogens (tertiary/aromatic N) is 2. The van der Waals surface area contributed by atoms with E-state index in [0.29, 0.717) is 6.54 Å². The second kappa shape index (κ2) is 7.70. The average molecular weight is 268 g/mol. The van der Waals surface area contributed by atoms with E-state index in [9.17, 15) is 15.2 Å². The lowest BCUT2D eigenvalue weighted by Crippen LogP contribution is -2.35. The van der Waals surface area contributed by atoms with Crippen molar-refractivity contribution in [1.29, 1.82) is 0 Å². The standard InChI is InChI=1S/C13H20N2O4/c1-3-14(4-2)9-11(16)10-19-13-8-6-5-7-12(13)15(17)18/h5-8,11,16H,3-4,9-10H2,1-2H3/t11-/m1/s1. The second-order valence-corrected chi connectivity index (χ2v) is 4.18. The van der Waals surface area contributed by atoms with Gasteiger partial charge in [-0.05, 0) is 19.2 Å². The van der Waals surface area contributed by atoms with Gasteiger partial charge in [-0.2, -0.15) is 0 Å². The molecule has 1 atom stereocenters. The van der Waals surface area contributed by atoms with E-state index in [1.54, 1.807) is 12.1 Å². The van der Waals surface area contributed by atoms with Crippen molar-refractivity contribution in [1.82, 2.24) is 4.90 Å². The predicted molar refractivity (Wildman–Crippen MR) is 72.4 cm³/mol. The highest BCUT2D eigenvalue weighted by Crippen LogP contribution is 2.25. The zero-order chi connectivity index (χ0) is 14.3. The summed E-state index contributed by atoms with van der Waals surface area (Å²) < 4.78 is 5.33. The molecule has 1 aromatic rings. The molecule has 0 unspecified atom stereocenters. The number of rotatable bonds is 8. The van der Waals surface area contributed by atoms with Crippen molar-refractivity contribution < 1.29 is 14.8 Å². The van der Waals surface area contributed by atoms with Crippen molar-refractivity contribution in [2.75, 3.05) is 26.2 Å². The quantitative estimate of drug-likeness (QED) is 0.573. The van der Waals surface area contributed by atoms with Crippen LogP contribution in [-0.2, 0) is 0 Å². The summed E-state index contributed by atoms with van der Waals surface area (Å²) in [6, 6.07) is 6.16. The number of benzene rings is 1. The van der Waals surface area contributed by atoms with E-state index in [1.807, 2.05) is 13.8 Å². The van der Waals surface area contributed by atoms with Crippen LogP contribution in [0.4, 0.5) is 5.69 Å². The van der Waals surface area contributed by atoms with Crippen LogP contribution in [0.1, 0.15) is 13.8 Å². The number of nitro benzene ring substituents is 1. The molecule has 0 saturated heterocycles. The average Bonchev–Trinajstić information content (AvgIpc) is 2.42. The number of likely N-dealkylation sites (N-methyl/N-ethyl adjacent to an activating group) is 1. The van der Waals surface area contributed by atoms with Crippen LogP contribution in [0.15, 0.2) is 24.3 Å². The van der Waals surface area contributed by atoms with Crippen LogP contribution in [0.2, 0.25) is 0 Å². The fourth-order valence-corrected chi connectivity index (χ4v) is 1.75. The monoisotopic (exact) mass is 268 g/mol. The van der Waals surface area contributed by atoms with Gasteiger partial charge in [-0.3, -0.25) is 10.1 Å². The van der Waals surface area contributed by atoms with Crippen LogP contribution in [-0.4, -0.2) is 47.3 Å². The third-order valence-electron chi connectivity index (χ3n) is 2.86. The Hall–Kier alpha value is -1.66. The fraction of sp³-hybridized carbons (Fsp3) is 0.538. The maximum absolute atomic E-state index is 10.8. The summed E-state index contributed by atoms with van der Waals surface area (Å²) in [5.74, 6) is 0.186. The number of ether oxygens (including phenoxy) is 1. The summed E-state index contributed by atoms with van der Waals surface area (Å²) in [6.45, 7) is 6.26. The van der Waals surface area contributed by atoms with E-state index >= 15 is 0 Å². The molecule has 0 aliphatic rings. The highest BCUT2D eigenvalue weighted by molar-refractivity contribution is 5.45. The normalized spacial score (nSPS) is 12.4. The van der Waals surface area contributed by atoms with Gasteiger partial charge in [0.1, 0.15) is 12.7 Å². The first-order valence-electron chi connectivity index (χ1n) is 6.35. The van der Waals surface area contributed by atoms with E-state index in [0.717, 1.165) is 13.1 Å². The Bertz CT molecular complexity index is 407. The van der Waals surface area contributed by atoms with Crippen LogP contribution < -0.4 is 4.74 Å². The minimum absolute atomic E-state index is 0.0430. The first kappa shape index (κ1) is 15.4. The SMILES string of the molecule is CCN(CC)C[C@@H](O)COc1ccccc1[N+](=O)[O-]. The Morgan fingerprint density at radius 3 is 2.58 bits per heavy atom. The summed E-state index contributed by atoms with van der Waals surface area (Å²) in [5, 5.41) is 20.6. The lowest BCUT2D eigenvalue weighted by atomic mass is 10.3. The van der Waals surface area contributed by atoms with Crippen molar-refractivity contribution >= 4 is 5.69 Å². The zero-order valence-electron chi connectivity index (χ0n) is 11.3. The van der Waals surface area contributed by atoms with Crippen molar-refractivity contribution in [2.45, 2.75) is 20.0 Å². The van der Waals surface area contributed by atoms with Gasteiger partial charge in [0.2, 0.25) is 0 Å². The molecule has 0 bridgehead atoms. The van der Waals surface area contributed by atoms with Gasteiger partial charge in [-0.25, -0.2) is 0 Å². The Balaban J connectivity index is 2.55. The van der Waals surface area contributed by atoms with E-state index in [4.69, 9.17) is 4.74 Å². The van der Waals surface area contributed by atoms with Gasteiger partial charge in [-0.15, -0.1) is 0 Å². The lowest BCUT2D eigenvalue weighted by Gasteiger charge is -2.21. The molecular weight excluding hydrogens is 248 g/mol. The number of nitro groups is 1. The van der Waals surface area contributed by atoms with Gasteiger partial charge in [0.15, 0.2) is 5.75 Å². The molecule has 0 heterocycles. The highest BCUT2D eigenvalue weighted by atomic mass is 16.6. The zero-order valence-corrected chi connectivity index (χ0v) is 11.3. The van der Waals surface area contributed by atoms with Gasteiger partial charge in [0.05, 0.1) is 4.92 Å². The Kier molecular flexibility index (Phi) is 6.24. The fourth-order valence-electron chi connectivity index (χ4n) is 1.75. The first-order valence-corrected chi connectivity index (χ1v) is 6.35. The van der Waals surface area contributed by atoms with Crippen molar-refractivity contribution in [3.63, 3.8) is 0 Å². The third-order valence-corrected chi connectivity index (χ3v) is 2.86. The van der Waals surface area contributed by atoms with Gasteiger partial charge >= 0.3 is 5.69 Å². The molecule has 0 aliphatic heterocycles. The topological polar surface area (TPSA) is 75.8 Å². The van der Waals surface area contributed by atoms with Crippen LogP contribution in [0.3, 0.4) is 0 Å². The van der Waals surface area contributed by atoms with Gasteiger partial charge in [0.25, 0.3) is 0 Å². The number of aliphatic hydroxyl groups is 1. The molecule has 0 aliphatic carbocycles. The summed E-state index contributed by atoms with van der Waals surface area (Å²) in [6.07, 6.45) is -0.667. The Morgan fingerprint density at radius 2 is 2.00 bits per heavy atom. The van der Waals surface area contributed by atoms with Crippen LogP contribution in [0, 0.1) is 10.1 Å². The molecule has 19 heavy (non-hydrogen) atoms. The molecule has 0 amide bonds. The van der Waals surface area contributed by atoms with E-state index in [1.165, 1.54) is 12.1 Å². The molecule has 1 N–H and O–H groups in total. The summed E-state index contributed by atoms with van der Waals surface area (Å²) in [4.78, 5) is 12.4. The number of hydrogen-bond donors (Lipinski definition) is 1. The summed E-state index contributed by atoms with van der Waals surface area (Å²) in [5.41, 5.74) is -0.0856. The summed E-state index contributed by atoms with van der Waals surface area (Å²) in [7, 11) is 0. The van der Waals surface area contributed by atoms with Gasteiger partial charge < -0.3 is 14.7 Å². The van der Waals surface area contributed by atoms with Crippen molar-refractivity contribution in [3.8, 4) is 5.75 Å².